The van der Waals surface area contributed by atoms with E-state index in [1.807, 2.05) is 30.3 Å². The molecule has 1 aromatic carbocycles. The van der Waals surface area contributed by atoms with Crippen molar-refractivity contribution < 1.29 is 28.4 Å². The van der Waals surface area contributed by atoms with Gasteiger partial charge in [0, 0.05) is 12.7 Å². The molecule has 6 nitrogen and oxygen atoms in total. The summed E-state index contributed by atoms with van der Waals surface area (Å²) in [6, 6.07) is 9.67. The van der Waals surface area contributed by atoms with Gasteiger partial charge in [-0.15, -0.1) is 12.8 Å². The molecule has 138 valence electrons. The molecule has 0 aliphatic carbocycles. The normalized spacial score (nSPS) is 33.7. The summed E-state index contributed by atoms with van der Waals surface area (Å²) in [7, 11) is 1.53. The van der Waals surface area contributed by atoms with Gasteiger partial charge in [0.1, 0.15) is 37.6 Å². The molecule has 0 saturated carbocycles. The van der Waals surface area contributed by atoms with Gasteiger partial charge in [-0.2, -0.15) is 0 Å². The molecule has 0 unspecified atom stereocenters. The predicted molar refractivity (Wildman–Crippen MR) is 92.8 cm³/mol. The Morgan fingerprint density at radius 2 is 1.73 bits per heavy atom. The summed E-state index contributed by atoms with van der Waals surface area (Å²) in [5, 5.41) is 0. The van der Waals surface area contributed by atoms with Crippen LogP contribution in [0, 0.1) is 24.7 Å². The van der Waals surface area contributed by atoms with Gasteiger partial charge in [0.25, 0.3) is 0 Å². The first-order chi connectivity index (χ1) is 12.8. The number of ether oxygens (including phenoxy) is 6. The first kappa shape index (κ1) is 18.9. The highest BCUT2D eigenvalue weighted by Crippen LogP contribution is 2.36. The third-order valence-corrected chi connectivity index (χ3v) is 4.31. The molecule has 26 heavy (non-hydrogen) atoms. The van der Waals surface area contributed by atoms with Crippen molar-refractivity contribution in [1.82, 2.24) is 0 Å². The molecule has 2 saturated heterocycles. The van der Waals surface area contributed by atoms with E-state index in [4.69, 9.17) is 41.3 Å². The molecule has 2 heterocycles. The van der Waals surface area contributed by atoms with Crippen molar-refractivity contribution in [3.63, 3.8) is 0 Å². The monoisotopic (exact) mass is 358 g/mol. The first-order valence-corrected chi connectivity index (χ1v) is 8.39. The average molecular weight is 358 g/mol. The van der Waals surface area contributed by atoms with Crippen LogP contribution in [0.2, 0.25) is 0 Å². The standard InChI is InChI=1S/C20H22O6/c1-4-11-22-17-16-15(25-20(21-3)18(17)23-12-5-2)13-24-19(26-16)14-9-7-6-8-10-14/h1-2,6-10,15-20H,11-13H2,3H3/t15-,16-,17+,18-,19-,20+/m1/s1. The molecule has 3 rings (SSSR count). The highest BCUT2D eigenvalue weighted by Gasteiger charge is 2.51. The third-order valence-electron chi connectivity index (χ3n) is 4.31. The summed E-state index contributed by atoms with van der Waals surface area (Å²) in [5.74, 6) is 4.92. The largest absolute Gasteiger partial charge is 0.360 e. The fraction of sp³-hybridized carbons (Fsp3) is 0.500. The minimum Gasteiger partial charge on any atom is -0.360 e. The molecule has 2 aliphatic rings. The van der Waals surface area contributed by atoms with Crippen LogP contribution in [0.25, 0.3) is 0 Å². The molecule has 0 radical (unpaired) electrons. The lowest BCUT2D eigenvalue weighted by atomic mass is 9.97. The molecule has 2 aliphatic heterocycles. The topological polar surface area (TPSA) is 55.4 Å². The lowest BCUT2D eigenvalue weighted by molar-refractivity contribution is -0.365. The Morgan fingerprint density at radius 1 is 1.04 bits per heavy atom. The molecule has 0 bridgehead atoms. The minimum absolute atomic E-state index is 0.0970. The van der Waals surface area contributed by atoms with Crippen LogP contribution in [-0.4, -0.2) is 57.6 Å². The van der Waals surface area contributed by atoms with Crippen LogP contribution in [0.15, 0.2) is 30.3 Å². The number of benzene rings is 1. The summed E-state index contributed by atoms with van der Waals surface area (Å²) < 4.78 is 34.9. The first-order valence-electron chi connectivity index (χ1n) is 8.39. The van der Waals surface area contributed by atoms with Gasteiger partial charge < -0.3 is 28.4 Å². The molecule has 0 spiro atoms. The molecular formula is C20H22O6. The fourth-order valence-electron chi connectivity index (χ4n) is 3.17. The number of hydrogen-bond acceptors (Lipinski definition) is 6. The molecule has 0 amide bonds. The van der Waals surface area contributed by atoms with Crippen molar-refractivity contribution in [2.45, 2.75) is 37.0 Å². The van der Waals surface area contributed by atoms with Crippen LogP contribution in [-0.2, 0) is 28.4 Å². The van der Waals surface area contributed by atoms with Gasteiger partial charge >= 0.3 is 0 Å². The van der Waals surface area contributed by atoms with Gasteiger partial charge in [-0.3, -0.25) is 0 Å². The fourth-order valence-corrected chi connectivity index (χ4v) is 3.17. The second kappa shape index (κ2) is 9.16. The van der Waals surface area contributed by atoms with E-state index in [2.05, 4.69) is 11.8 Å². The highest BCUT2D eigenvalue weighted by atomic mass is 16.8. The summed E-state index contributed by atoms with van der Waals surface area (Å²) in [6.45, 7) is 0.544. The zero-order valence-corrected chi connectivity index (χ0v) is 14.6. The van der Waals surface area contributed by atoms with Gasteiger partial charge in [0.2, 0.25) is 0 Å². The van der Waals surface area contributed by atoms with E-state index in [0.717, 1.165) is 5.56 Å². The Balaban J connectivity index is 1.81. The molecule has 6 heteroatoms. The summed E-state index contributed by atoms with van der Waals surface area (Å²) in [6.07, 6.45) is 7.64. The summed E-state index contributed by atoms with van der Waals surface area (Å²) in [4.78, 5) is 0. The lowest BCUT2D eigenvalue weighted by Gasteiger charge is -2.48. The van der Waals surface area contributed by atoms with E-state index in [9.17, 15) is 0 Å². The Bertz CT molecular complexity index is 649. The number of hydrogen-bond donors (Lipinski definition) is 0. The van der Waals surface area contributed by atoms with Crippen LogP contribution in [0.5, 0.6) is 0 Å². The number of terminal acetylenes is 2. The minimum atomic E-state index is -0.659. The molecule has 0 aromatic heterocycles. The van der Waals surface area contributed by atoms with Crippen molar-refractivity contribution in [2.75, 3.05) is 26.9 Å². The van der Waals surface area contributed by atoms with Crippen LogP contribution in [0.3, 0.4) is 0 Å². The maximum Gasteiger partial charge on any atom is 0.186 e. The van der Waals surface area contributed by atoms with E-state index >= 15 is 0 Å². The van der Waals surface area contributed by atoms with Crippen LogP contribution < -0.4 is 0 Å². The zero-order valence-electron chi connectivity index (χ0n) is 14.6. The van der Waals surface area contributed by atoms with E-state index in [-0.39, 0.29) is 19.3 Å². The van der Waals surface area contributed by atoms with Gasteiger partial charge in [0.15, 0.2) is 12.6 Å². The Kier molecular flexibility index (Phi) is 6.65. The number of rotatable bonds is 6. The number of methoxy groups -OCH3 is 1. The van der Waals surface area contributed by atoms with Crippen molar-refractivity contribution in [1.29, 1.82) is 0 Å². The maximum absolute atomic E-state index is 6.16. The average Bonchev–Trinajstić information content (AvgIpc) is 2.70. The van der Waals surface area contributed by atoms with Crippen LogP contribution >= 0.6 is 0 Å². The second-order valence-corrected chi connectivity index (χ2v) is 5.91. The lowest BCUT2D eigenvalue weighted by Crippen LogP contribution is -2.63. The summed E-state index contributed by atoms with van der Waals surface area (Å²) in [5.41, 5.74) is 0.914. The van der Waals surface area contributed by atoms with Gasteiger partial charge in [-0.25, -0.2) is 0 Å². The molecular weight excluding hydrogens is 336 g/mol. The van der Waals surface area contributed by atoms with Crippen molar-refractivity contribution >= 4 is 0 Å². The van der Waals surface area contributed by atoms with Crippen molar-refractivity contribution in [3.05, 3.63) is 35.9 Å². The molecule has 0 N–H and O–H groups in total. The van der Waals surface area contributed by atoms with Gasteiger partial charge in [-0.05, 0) is 0 Å². The van der Waals surface area contributed by atoms with Crippen molar-refractivity contribution in [2.24, 2.45) is 0 Å². The molecule has 2 fully saturated rings. The third kappa shape index (κ3) is 4.08. The van der Waals surface area contributed by atoms with Crippen LogP contribution in [0.1, 0.15) is 11.9 Å². The van der Waals surface area contributed by atoms with Gasteiger partial charge in [0.05, 0.1) is 6.61 Å². The van der Waals surface area contributed by atoms with Gasteiger partial charge in [-0.1, -0.05) is 42.2 Å². The van der Waals surface area contributed by atoms with E-state index in [1.165, 1.54) is 7.11 Å². The highest BCUT2D eigenvalue weighted by molar-refractivity contribution is 5.16. The maximum atomic E-state index is 6.16. The zero-order chi connectivity index (χ0) is 18.4. The summed E-state index contributed by atoms with van der Waals surface area (Å²) >= 11 is 0. The van der Waals surface area contributed by atoms with E-state index in [0.29, 0.717) is 6.61 Å². The predicted octanol–water partition coefficient (Wildman–Crippen LogP) is 1.51. The van der Waals surface area contributed by atoms with Crippen LogP contribution in [0.4, 0.5) is 0 Å². The van der Waals surface area contributed by atoms with E-state index in [1.54, 1.807) is 0 Å². The molecule has 6 atom stereocenters. The second-order valence-electron chi connectivity index (χ2n) is 5.91. The SMILES string of the molecule is C#CCO[C@@H]1[C@@H](OCC#C)[C@@H](OC)O[C@@H]2CO[C@@H](c3ccccc3)O[C@@H]12. The van der Waals surface area contributed by atoms with Crippen molar-refractivity contribution in [3.8, 4) is 24.7 Å². The Labute approximate surface area is 153 Å². The smallest absolute Gasteiger partial charge is 0.186 e. The molecule has 1 aromatic rings. The number of fused-ring (bicyclic) bond motifs is 1. The quantitative estimate of drug-likeness (QED) is 0.719. The van der Waals surface area contributed by atoms with E-state index < -0.39 is 30.9 Å². The Morgan fingerprint density at radius 3 is 2.38 bits per heavy atom. The Hall–Kier alpha value is -1.90.